The highest BCUT2D eigenvalue weighted by atomic mass is 16.4. The Hall–Kier alpha value is -1.17. The van der Waals surface area contributed by atoms with Crippen LogP contribution in [0.25, 0.3) is 0 Å². The molecule has 1 fully saturated rings. The molecule has 5 nitrogen and oxygen atoms in total. The van der Waals surface area contributed by atoms with Gasteiger partial charge in [0.25, 0.3) is 0 Å². The average Bonchev–Trinajstić information content (AvgIpc) is 2.82. The summed E-state index contributed by atoms with van der Waals surface area (Å²) in [4.78, 5) is 10.5. The Kier molecular flexibility index (Phi) is 10.7. The lowest BCUT2D eigenvalue weighted by Crippen LogP contribution is -2.21. The molecule has 25 heavy (non-hydrogen) atoms. The fraction of sp³-hybridized carbons (Fsp3) is 0.750. The molecule has 0 aromatic carbocycles. The van der Waals surface area contributed by atoms with Gasteiger partial charge in [0.15, 0.2) is 0 Å². The number of carbonyl (C=O) groups is 1. The molecule has 4 unspecified atom stereocenters. The van der Waals surface area contributed by atoms with Gasteiger partial charge in [-0.3, -0.25) is 4.79 Å². The van der Waals surface area contributed by atoms with Gasteiger partial charge in [-0.25, -0.2) is 0 Å². The Bertz CT molecular complexity index is 432. The molecule has 1 saturated carbocycles. The number of carboxylic acids is 1. The lowest BCUT2D eigenvalue weighted by Gasteiger charge is -2.21. The molecule has 1 aliphatic rings. The largest absolute Gasteiger partial charge is 0.481 e. The van der Waals surface area contributed by atoms with Gasteiger partial charge >= 0.3 is 5.97 Å². The second kappa shape index (κ2) is 12.2. The normalized spacial score (nSPS) is 28.2. The van der Waals surface area contributed by atoms with E-state index < -0.39 is 24.3 Å². The number of hydrogen-bond donors (Lipinski definition) is 4. The number of hydrogen-bond acceptors (Lipinski definition) is 4. The molecular weight excluding hydrogens is 320 g/mol. The standard InChI is InChI=1S/C20H34O5/c1-2-3-6-9-15(21)12-13-17-16(18(22)14-19(17)23)10-7-4-5-8-11-20(24)25/h3,6,12-13,15-19,21-23H,2,4-5,7-11,14H2,1H3,(H,24,25)/b6-3-,13-12+/t15?,16?,17-,18?,19?/m1/s1. The van der Waals surface area contributed by atoms with Crippen LogP contribution in [0.4, 0.5) is 0 Å². The highest BCUT2D eigenvalue weighted by molar-refractivity contribution is 5.66. The molecule has 0 spiro atoms. The molecule has 144 valence electrons. The average molecular weight is 354 g/mol. The third-order valence-corrected chi connectivity index (χ3v) is 4.93. The summed E-state index contributed by atoms with van der Waals surface area (Å²) in [5.41, 5.74) is 0. The Morgan fingerprint density at radius 2 is 1.84 bits per heavy atom. The Balaban J connectivity index is 2.41. The van der Waals surface area contributed by atoms with E-state index in [1.54, 1.807) is 6.08 Å². The van der Waals surface area contributed by atoms with Crippen molar-refractivity contribution in [3.05, 3.63) is 24.3 Å². The van der Waals surface area contributed by atoms with Gasteiger partial charge in [-0.15, -0.1) is 0 Å². The van der Waals surface area contributed by atoms with Crippen LogP contribution in [0, 0.1) is 11.8 Å². The van der Waals surface area contributed by atoms with Gasteiger partial charge in [0.1, 0.15) is 0 Å². The van der Waals surface area contributed by atoms with Crippen LogP contribution in [0.5, 0.6) is 0 Å². The lowest BCUT2D eigenvalue weighted by atomic mass is 9.88. The molecule has 1 aliphatic carbocycles. The maximum atomic E-state index is 10.5. The minimum Gasteiger partial charge on any atom is -0.481 e. The Labute approximate surface area is 151 Å². The monoisotopic (exact) mass is 354 g/mol. The lowest BCUT2D eigenvalue weighted by molar-refractivity contribution is -0.137. The highest BCUT2D eigenvalue weighted by Crippen LogP contribution is 2.37. The van der Waals surface area contributed by atoms with Crippen molar-refractivity contribution in [3.63, 3.8) is 0 Å². The van der Waals surface area contributed by atoms with Gasteiger partial charge in [-0.05, 0) is 31.6 Å². The first kappa shape index (κ1) is 21.9. The second-order valence-electron chi connectivity index (χ2n) is 7.03. The zero-order valence-electron chi connectivity index (χ0n) is 15.3. The second-order valence-corrected chi connectivity index (χ2v) is 7.03. The molecule has 0 saturated heterocycles. The summed E-state index contributed by atoms with van der Waals surface area (Å²) in [6.45, 7) is 2.04. The first-order valence-corrected chi connectivity index (χ1v) is 9.55. The van der Waals surface area contributed by atoms with Crippen LogP contribution in [0.15, 0.2) is 24.3 Å². The van der Waals surface area contributed by atoms with E-state index in [2.05, 4.69) is 0 Å². The topological polar surface area (TPSA) is 98.0 Å². The number of unbranched alkanes of at least 4 members (excludes halogenated alkanes) is 3. The van der Waals surface area contributed by atoms with Crippen LogP contribution in [-0.2, 0) is 4.79 Å². The maximum absolute atomic E-state index is 10.5. The molecule has 0 bridgehead atoms. The van der Waals surface area contributed by atoms with Crippen LogP contribution in [0.1, 0.15) is 64.7 Å². The van der Waals surface area contributed by atoms with Crippen molar-refractivity contribution in [2.75, 3.05) is 0 Å². The number of aliphatic hydroxyl groups excluding tert-OH is 3. The number of rotatable bonds is 12. The molecule has 0 aliphatic heterocycles. The van der Waals surface area contributed by atoms with E-state index in [9.17, 15) is 20.1 Å². The van der Waals surface area contributed by atoms with Gasteiger partial charge in [0.2, 0.25) is 0 Å². The van der Waals surface area contributed by atoms with Crippen molar-refractivity contribution in [3.8, 4) is 0 Å². The van der Waals surface area contributed by atoms with Crippen LogP contribution < -0.4 is 0 Å². The fourth-order valence-corrected chi connectivity index (χ4v) is 3.52. The molecule has 5 atom stereocenters. The molecule has 0 heterocycles. The molecule has 4 N–H and O–H groups in total. The number of aliphatic hydroxyl groups is 3. The zero-order chi connectivity index (χ0) is 18.7. The van der Waals surface area contributed by atoms with Crippen molar-refractivity contribution in [1.29, 1.82) is 0 Å². The summed E-state index contributed by atoms with van der Waals surface area (Å²) < 4.78 is 0. The summed E-state index contributed by atoms with van der Waals surface area (Å²) in [6, 6.07) is 0. The predicted molar refractivity (Wildman–Crippen MR) is 98.1 cm³/mol. The first-order valence-electron chi connectivity index (χ1n) is 9.55. The minimum absolute atomic E-state index is 0.00380. The fourth-order valence-electron chi connectivity index (χ4n) is 3.52. The van der Waals surface area contributed by atoms with E-state index in [0.29, 0.717) is 19.3 Å². The summed E-state index contributed by atoms with van der Waals surface area (Å²) >= 11 is 0. The van der Waals surface area contributed by atoms with Crippen LogP contribution in [-0.4, -0.2) is 44.7 Å². The summed E-state index contributed by atoms with van der Waals surface area (Å²) in [7, 11) is 0. The third-order valence-electron chi connectivity index (χ3n) is 4.93. The SMILES string of the molecule is CC/C=C\CC(O)/C=C/[C@H]1C(O)CC(O)C1CCCCCCC(=O)O. The maximum Gasteiger partial charge on any atom is 0.303 e. The van der Waals surface area contributed by atoms with Gasteiger partial charge in [-0.2, -0.15) is 0 Å². The molecule has 5 heteroatoms. The van der Waals surface area contributed by atoms with Crippen LogP contribution >= 0.6 is 0 Å². The van der Waals surface area contributed by atoms with Crippen molar-refractivity contribution in [1.82, 2.24) is 0 Å². The quantitative estimate of drug-likeness (QED) is 0.319. The molecular formula is C20H34O5. The summed E-state index contributed by atoms with van der Waals surface area (Å²) in [6.07, 6.45) is 12.2. The molecule has 0 amide bonds. The van der Waals surface area contributed by atoms with E-state index in [1.165, 1.54) is 0 Å². The highest BCUT2D eigenvalue weighted by Gasteiger charge is 2.39. The summed E-state index contributed by atoms with van der Waals surface area (Å²) in [5.74, 6) is -0.880. The molecule has 1 rings (SSSR count). The zero-order valence-corrected chi connectivity index (χ0v) is 15.3. The van der Waals surface area contributed by atoms with E-state index in [-0.39, 0.29) is 18.3 Å². The first-order chi connectivity index (χ1) is 12.0. The number of aliphatic carboxylic acids is 1. The van der Waals surface area contributed by atoms with E-state index in [1.807, 2.05) is 25.2 Å². The van der Waals surface area contributed by atoms with Crippen LogP contribution in [0.2, 0.25) is 0 Å². The van der Waals surface area contributed by atoms with Crippen molar-refractivity contribution >= 4 is 5.97 Å². The molecule has 0 aromatic rings. The third kappa shape index (κ3) is 8.66. The number of carboxylic acid groups (broad SMARTS) is 1. The van der Waals surface area contributed by atoms with Crippen LogP contribution in [0.3, 0.4) is 0 Å². The Morgan fingerprint density at radius 3 is 2.52 bits per heavy atom. The van der Waals surface area contributed by atoms with Gasteiger partial charge in [-0.1, -0.05) is 50.5 Å². The molecule has 0 radical (unpaired) electrons. The smallest absolute Gasteiger partial charge is 0.303 e. The van der Waals surface area contributed by atoms with Gasteiger partial charge in [0.05, 0.1) is 18.3 Å². The van der Waals surface area contributed by atoms with E-state index in [0.717, 1.165) is 32.1 Å². The number of allylic oxidation sites excluding steroid dienone is 1. The summed E-state index contributed by atoms with van der Waals surface area (Å²) in [5, 5.41) is 39.0. The Morgan fingerprint density at radius 1 is 1.12 bits per heavy atom. The predicted octanol–water partition coefficient (Wildman–Crippen LogP) is 3.04. The molecule has 0 aromatic heterocycles. The van der Waals surface area contributed by atoms with E-state index >= 15 is 0 Å². The van der Waals surface area contributed by atoms with Crippen molar-refractivity contribution in [2.24, 2.45) is 11.8 Å². The minimum atomic E-state index is -0.758. The van der Waals surface area contributed by atoms with Crippen molar-refractivity contribution < 1.29 is 25.2 Å². The van der Waals surface area contributed by atoms with Gasteiger partial charge in [0, 0.05) is 18.8 Å². The van der Waals surface area contributed by atoms with Crippen molar-refractivity contribution in [2.45, 2.75) is 83.0 Å². The van der Waals surface area contributed by atoms with E-state index in [4.69, 9.17) is 5.11 Å². The van der Waals surface area contributed by atoms with Gasteiger partial charge < -0.3 is 20.4 Å².